The van der Waals surface area contributed by atoms with Crippen molar-refractivity contribution in [1.82, 2.24) is 14.0 Å². The van der Waals surface area contributed by atoms with E-state index in [-0.39, 0.29) is 36.9 Å². The van der Waals surface area contributed by atoms with E-state index in [1.165, 1.54) is 14.0 Å². The Morgan fingerprint density at radius 3 is 2.36 bits per heavy atom. The zero-order valence-corrected chi connectivity index (χ0v) is 20.2. The molecule has 0 radical (unpaired) electrons. The molecule has 0 bridgehead atoms. The fourth-order valence-electron chi connectivity index (χ4n) is 4.70. The summed E-state index contributed by atoms with van der Waals surface area (Å²) in [4.78, 5) is 40.9. The van der Waals surface area contributed by atoms with Gasteiger partial charge in [-0.2, -0.15) is 0 Å². The van der Waals surface area contributed by atoms with Crippen molar-refractivity contribution in [2.75, 3.05) is 7.11 Å². The number of aromatic nitrogens is 2. The van der Waals surface area contributed by atoms with Crippen LogP contribution in [0.25, 0.3) is 11.0 Å². The van der Waals surface area contributed by atoms with Gasteiger partial charge in [-0.15, -0.1) is 0 Å². The van der Waals surface area contributed by atoms with Gasteiger partial charge in [0.05, 0.1) is 19.2 Å². The first-order chi connectivity index (χ1) is 17.5. The van der Waals surface area contributed by atoms with Crippen LogP contribution in [0.2, 0.25) is 0 Å². The molecule has 184 valence electrons. The van der Waals surface area contributed by atoms with Crippen molar-refractivity contribution in [2.24, 2.45) is 7.05 Å². The molecule has 0 spiro atoms. The lowest BCUT2D eigenvalue weighted by molar-refractivity contribution is -0.151. The van der Waals surface area contributed by atoms with Gasteiger partial charge in [0.15, 0.2) is 0 Å². The quantitative estimate of drug-likeness (QED) is 0.372. The molecule has 8 nitrogen and oxygen atoms in total. The van der Waals surface area contributed by atoms with E-state index in [4.69, 9.17) is 9.47 Å². The average Bonchev–Trinajstić information content (AvgIpc) is 3.16. The van der Waals surface area contributed by atoms with Crippen molar-refractivity contribution in [1.29, 1.82) is 0 Å². The number of ether oxygens (including phenoxy) is 2. The van der Waals surface area contributed by atoms with E-state index < -0.39 is 6.04 Å². The normalized spacial score (nSPS) is 15.9. The van der Waals surface area contributed by atoms with E-state index in [9.17, 15) is 14.4 Å². The van der Waals surface area contributed by atoms with Crippen LogP contribution in [0.3, 0.4) is 0 Å². The molecular formula is C28H27N3O5. The Morgan fingerprint density at radius 1 is 0.889 bits per heavy atom. The molecule has 1 aliphatic heterocycles. The molecule has 0 aliphatic carbocycles. The molecule has 1 unspecified atom stereocenters. The summed E-state index contributed by atoms with van der Waals surface area (Å²) in [6.07, 6.45) is 0.449. The summed E-state index contributed by atoms with van der Waals surface area (Å²) in [5.74, 6) is 0.629. The third kappa shape index (κ3) is 4.26. The molecular weight excluding hydrogens is 458 g/mol. The van der Waals surface area contributed by atoms with E-state index in [2.05, 4.69) is 0 Å². The summed E-state index contributed by atoms with van der Waals surface area (Å²) in [7, 11) is 3.25. The van der Waals surface area contributed by atoms with Crippen LogP contribution in [0.5, 0.6) is 11.5 Å². The summed E-state index contributed by atoms with van der Waals surface area (Å²) in [6, 6.07) is 21.7. The largest absolute Gasteiger partial charge is 0.497 e. The zero-order valence-electron chi connectivity index (χ0n) is 20.2. The first-order valence-corrected chi connectivity index (χ1v) is 11.8. The number of carbonyl (C=O) groups is 2. The number of piperidine rings is 1. The number of benzene rings is 3. The minimum absolute atomic E-state index is 0.142. The number of rotatable bonds is 7. The van der Waals surface area contributed by atoms with Crippen LogP contribution in [-0.2, 0) is 29.8 Å². The molecule has 3 aromatic carbocycles. The van der Waals surface area contributed by atoms with Gasteiger partial charge in [-0.05, 0) is 41.8 Å². The number of nitrogens with zero attached hydrogens (tertiary/aromatic N) is 3. The zero-order chi connectivity index (χ0) is 25.2. The maximum atomic E-state index is 13.5. The molecule has 2 amide bonds. The maximum Gasteiger partial charge on any atom is 0.329 e. The predicted octanol–water partition coefficient (Wildman–Crippen LogP) is 3.82. The first-order valence-electron chi connectivity index (χ1n) is 11.8. The number of fused-ring (bicyclic) bond motifs is 1. The van der Waals surface area contributed by atoms with Gasteiger partial charge < -0.3 is 9.47 Å². The summed E-state index contributed by atoms with van der Waals surface area (Å²) >= 11 is 0. The third-order valence-corrected chi connectivity index (χ3v) is 6.60. The summed E-state index contributed by atoms with van der Waals surface area (Å²) in [5, 5.41) is 0. The highest BCUT2D eigenvalue weighted by molar-refractivity contribution is 6.00. The second-order valence-electron chi connectivity index (χ2n) is 8.83. The highest BCUT2D eigenvalue weighted by Gasteiger charge is 2.37. The SMILES string of the molecule is COc1ccc(CN2C(=O)CCC(n3c(=O)n(C)c4c(OCc5ccccc5)cccc43)C2=O)cc1. The van der Waals surface area contributed by atoms with Gasteiger partial charge in [-0.3, -0.25) is 23.6 Å². The third-order valence-electron chi connectivity index (χ3n) is 6.60. The van der Waals surface area contributed by atoms with Crippen LogP contribution in [0.15, 0.2) is 77.6 Å². The van der Waals surface area contributed by atoms with Crippen molar-refractivity contribution in [2.45, 2.75) is 32.0 Å². The van der Waals surface area contributed by atoms with Crippen LogP contribution in [0.1, 0.15) is 30.0 Å². The van der Waals surface area contributed by atoms with E-state index in [1.54, 1.807) is 26.3 Å². The molecule has 36 heavy (non-hydrogen) atoms. The number of methoxy groups -OCH3 is 1. The molecule has 2 heterocycles. The van der Waals surface area contributed by atoms with Gasteiger partial charge in [0.2, 0.25) is 5.91 Å². The van der Waals surface area contributed by atoms with E-state index in [0.717, 1.165) is 11.1 Å². The Kier molecular flexibility index (Phi) is 6.33. The highest BCUT2D eigenvalue weighted by atomic mass is 16.5. The fourth-order valence-corrected chi connectivity index (χ4v) is 4.70. The number of hydrogen-bond donors (Lipinski definition) is 0. The van der Waals surface area contributed by atoms with Crippen molar-refractivity contribution in [3.05, 3.63) is 94.4 Å². The van der Waals surface area contributed by atoms with Crippen molar-refractivity contribution in [3.8, 4) is 11.5 Å². The molecule has 0 saturated carbocycles. The van der Waals surface area contributed by atoms with Crippen LogP contribution < -0.4 is 15.2 Å². The lowest BCUT2D eigenvalue weighted by Gasteiger charge is -2.31. The van der Waals surface area contributed by atoms with Crippen LogP contribution >= 0.6 is 0 Å². The smallest absolute Gasteiger partial charge is 0.329 e. The van der Waals surface area contributed by atoms with Gasteiger partial charge >= 0.3 is 5.69 Å². The van der Waals surface area contributed by atoms with Crippen molar-refractivity contribution >= 4 is 22.8 Å². The number of imidazole rings is 1. The highest BCUT2D eigenvalue weighted by Crippen LogP contribution is 2.31. The number of carbonyl (C=O) groups excluding carboxylic acids is 2. The number of para-hydroxylation sites is 1. The molecule has 4 aromatic rings. The average molecular weight is 486 g/mol. The first kappa shape index (κ1) is 23.4. The molecule has 1 aromatic heterocycles. The lowest BCUT2D eigenvalue weighted by Crippen LogP contribution is -2.47. The number of amides is 2. The van der Waals surface area contributed by atoms with Gasteiger partial charge in [0, 0.05) is 13.5 Å². The summed E-state index contributed by atoms with van der Waals surface area (Å²) in [6.45, 7) is 0.495. The van der Waals surface area contributed by atoms with Crippen molar-refractivity contribution < 1.29 is 19.1 Å². The number of imide groups is 1. The Balaban J connectivity index is 1.46. The standard InChI is InChI=1S/C28H27N3O5/c1-29-26-22(9-6-10-24(26)36-18-20-7-4-3-5-8-20)31(28(29)34)23-15-16-25(32)30(27(23)33)17-19-11-13-21(35-2)14-12-19/h3-14,23H,15-18H2,1-2H3. The van der Waals surface area contributed by atoms with Crippen LogP contribution in [-0.4, -0.2) is 33.0 Å². The Morgan fingerprint density at radius 2 is 1.64 bits per heavy atom. The molecule has 1 aliphatic rings. The summed E-state index contributed by atoms with van der Waals surface area (Å²) in [5.41, 5.74) is 2.71. The van der Waals surface area contributed by atoms with Gasteiger partial charge in [-0.25, -0.2) is 4.79 Å². The number of hydrogen-bond acceptors (Lipinski definition) is 5. The fraction of sp³-hybridized carbons (Fsp3) is 0.250. The maximum absolute atomic E-state index is 13.5. The topological polar surface area (TPSA) is 82.8 Å². The van der Waals surface area contributed by atoms with Gasteiger partial charge in [0.25, 0.3) is 5.91 Å². The molecule has 5 rings (SSSR count). The molecule has 0 N–H and O–H groups in total. The summed E-state index contributed by atoms with van der Waals surface area (Å²) < 4.78 is 14.3. The molecule has 1 saturated heterocycles. The lowest BCUT2D eigenvalue weighted by atomic mass is 10.0. The number of likely N-dealkylation sites (tertiary alicyclic amines) is 1. The Labute approximate surface area is 208 Å². The van der Waals surface area contributed by atoms with Gasteiger partial charge in [-0.1, -0.05) is 48.5 Å². The molecule has 1 fully saturated rings. The van der Waals surface area contributed by atoms with Crippen molar-refractivity contribution in [3.63, 3.8) is 0 Å². The second kappa shape index (κ2) is 9.73. The number of aryl methyl sites for hydroxylation is 1. The van der Waals surface area contributed by atoms with Crippen LogP contribution in [0, 0.1) is 0 Å². The van der Waals surface area contributed by atoms with Crippen LogP contribution in [0.4, 0.5) is 0 Å². The van der Waals surface area contributed by atoms with E-state index in [1.807, 2.05) is 60.7 Å². The Bertz CT molecular complexity index is 1470. The molecule has 8 heteroatoms. The monoisotopic (exact) mass is 485 g/mol. The minimum Gasteiger partial charge on any atom is -0.497 e. The second-order valence-corrected chi connectivity index (χ2v) is 8.83. The van der Waals surface area contributed by atoms with E-state index >= 15 is 0 Å². The Hall–Kier alpha value is -4.33. The minimum atomic E-state index is -0.776. The molecule has 1 atom stereocenters. The van der Waals surface area contributed by atoms with E-state index in [0.29, 0.717) is 29.1 Å². The van der Waals surface area contributed by atoms with Gasteiger partial charge in [0.1, 0.15) is 29.7 Å². The predicted molar refractivity (Wildman–Crippen MR) is 135 cm³/mol.